The second-order valence-corrected chi connectivity index (χ2v) is 7.39. The summed E-state index contributed by atoms with van der Waals surface area (Å²) in [7, 11) is -1.22. The van der Waals surface area contributed by atoms with Crippen LogP contribution in [-0.4, -0.2) is 57.7 Å². The molecule has 0 amide bonds. The Morgan fingerprint density at radius 3 is 2.81 bits per heavy atom. The number of anilines is 1. The fourth-order valence-corrected chi connectivity index (χ4v) is 4.15. The first-order chi connectivity index (χ1) is 9.94. The lowest BCUT2D eigenvalue weighted by Gasteiger charge is -2.23. The first kappa shape index (κ1) is 14.2. The molecule has 1 aliphatic rings. The van der Waals surface area contributed by atoms with Crippen molar-refractivity contribution in [1.29, 1.82) is 0 Å². The smallest absolute Gasteiger partial charge is 0.256 e. The summed E-state index contributed by atoms with van der Waals surface area (Å²) in [5.41, 5.74) is 0. The van der Waals surface area contributed by atoms with Crippen molar-refractivity contribution in [2.24, 2.45) is 0 Å². The first-order valence-electron chi connectivity index (χ1n) is 6.29. The first-order valence-corrected chi connectivity index (χ1v) is 8.49. The van der Waals surface area contributed by atoms with Crippen LogP contribution in [0.5, 0.6) is 0 Å². The summed E-state index contributed by atoms with van der Waals surface area (Å²) in [5.74, 6) is 0.918. The summed E-state index contributed by atoms with van der Waals surface area (Å²) < 4.78 is 24.6. The maximum Gasteiger partial charge on any atom is 0.256 e. The van der Waals surface area contributed by atoms with Gasteiger partial charge < -0.3 is 4.90 Å². The molecular weight excluding hydrogens is 316 g/mol. The molecule has 1 fully saturated rings. The maximum atomic E-state index is 11.6. The zero-order valence-corrected chi connectivity index (χ0v) is 12.8. The molecule has 3 heterocycles. The van der Waals surface area contributed by atoms with Gasteiger partial charge in [0.25, 0.3) is 5.95 Å². The molecule has 112 valence electrons. The lowest BCUT2D eigenvalue weighted by Crippen LogP contribution is -2.34. The predicted molar refractivity (Wildman–Crippen MR) is 77.4 cm³/mol. The van der Waals surface area contributed by atoms with Gasteiger partial charge in [0.05, 0.1) is 11.5 Å². The van der Waals surface area contributed by atoms with Crippen molar-refractivity contribution < 1.29 is 8.42 Å². The Kier molecular flexibility index (Phi) is 3.54. The standard InChI is InChI=1S/C11H13ClN6O2S/c1-17(8-3-6-21(19,20)7-8)10-14-9(12)15-11(16-10)18-5-2-4-13-18/h2,4-5,8H,3,6-7H2,1H3. The summed E-state index contributed by atoms with van der Waals surface area (Å²) >= 11 is 5.93. The molecule has 10 heteroatoms. The highest BCUT2D eigenvalue weighted by Gasteiger charge is 2.32. The molecule has 0 spiro atoms. The van der Waals surface area contributed by atoms with Crippen LogP contribution in [0.1, 0.15) is 6.42 Å². The molecule has 1 unspecified atom stereocenters. The van der Waals surface area contributed by atoms with E-state index < -0.39 is 9.84 Å². The van der Waals surface area contributed by atoms with Gasteiger partial charge in [-0.25, -0.2) is 13.1 Å². The molecule has 2 aromatic rings. The van der Waals surface area contributed by atoms with Crippen molar-refractivity contribution >= 4 is 27.4 Å². The molecule has 0 bridgehead atoms. The van der Waals surface area contributed by atoms with Crippen LogP contribution in [0.4, 0.5) is 5.95 Å². The lowest BCUT2D eigenvalue weighted by atomic mass is 10.2. The summed E-state index contributed by atoms with van der Waals surface area (Å²) in [6.45, 7) is 0. The summed E-state index contributed by atoms with van der Waals surface area (Å²) in [6.07, 6.45) is 3.85. The third-order valence-electron chi connectivity index (χ3n) is 3.37. The topological polar surface area (TPSA) is 93.9 Å². The van der Waals surface area contributed by atoms with Crippen molar-refractivity contribution in [3.05, 3.63) is 23.7 Å². The number of hydrogen-bond acceptors (Lipinski definition) is 7. The van der Waals surface area contributed by atoms with E-state index in [9.17, 15) is 8.42 Å². The van der Waals surface area contributed by atoms with Crippen LogP contribution in [0.15, 0.2) is 18.5 Å². The number of rotatable bonds is 3. The fraction of sp³-hybridized carbons (Fsp3) is 0.455. The molecule has 0 N–H and O–H groups in total. The van der Waals surface area contributed by atoms with Gasteiger partial charge in [0.15, 0.2) is 9.84 Å². The van der Waals surface area contributed by atoms with Crippen LogP contribution in [-0.2, 0) is 9.84 Å². The van der Waals surface area contributed by atoms with E-state index in [1.807, 2.05) is 0 Å². The van der Waals surface area contributed by atoms with E-state index in [2.05, 4.69) is 20.1 Å². The Bertz CT molecular complexity index is 748. The van der Waals surface area contributed by atoms with Crippen LogP contribution < -0.4 is 4.90 Å². The SMILES string of the molecule is CN(c1nc(Cl)nc(-n2cccn2)n1)C1CCS(=O)(=O)C1. The van der Waals surface area contributed by atoms with E-state index in [-0.39, 0.29) is 22.8 Å². The minimum atomic E-state index is -2.98. The summed E-state index contributed by atoms with van der Waals surface area (Å²) in [6, 6.07) is 1.59. The Labute approximate surface area is 126 Å². The van der Waals surface area contributed by atoms with Crippen LogP contribution in [0.25, 0.3) is 5.95 Å². The highest BCUT2D eigenvalue weighted by Crippen LogP contribution is 2.21. The van der Waals surface area contributed by atoms with Crippen LogP contribution >= 0.6 is 11.6 Å². The van der Waals surface area contributed by atoms with Crippen molar-refractivity contribution in [3.63, 3.8) is 0 Å². The van der Waals surface area contributed by atoms with Crippen LogP contribution in [0.2, 0.25) is 5.28 Å². The van der Waals surface area contributed by atoms with Gasteiger partial charge in [0.1, 0.15) is 0 Å². The van der Waals surface area contributed by atoms with E-state index in [0.29, 0.717) is 18.3 Å². The third kappa shape index (κ3) is 2.98. The minimum Gasteiger partial charge on any atom is -0.340 e. The van der Waals surface area contributed by atoms with Crippen LogP contribution in [0, 0.1) is 0 Å². The number of sulfone groups is 1. The number of nitrogens with zero attached hydrogens (tertiary/aromatic N) is 6. The molecule has 0 radical (unpaired) electrons. The molecule has 1 aliphatic heterocycles. The Morgan fingerprint density at radius 1 is 1.38 bits per heavy atom. The second kappa shape index (κ2) is 5.23. The molecule has 0 aromatic carbocycles. The van der Waals surface area contributed by atoms with Gasteiger partial charge in [-0.2, -0.15) is 20.1 Å². The van der Waals surface area contributed by atoms with Crippen molar-refractivity contribution in [2.75, 3.05) is 23.5 Å². The Balaban J connectivity index is 1.92. The van der Waals surface area contributed by atoms with Gasteiger partial charge in [-0.1, -0.05) is 0 Å². The number of aromatic nitrogens is 5. The molecule has 8 nitrogen and oxygen atoms in total. The van der Waals surface area contributed by atoms with Gasteiger partial charge in [0, 0.05) is 25.5 Å². The van der Waals surface area contributed by atoms with Gasteiger partial charge >= 0.3 is 0 Å². The Hall–Kier alpha value is -1.74. The molecule has 0 saturated carbocycles. The van der Waals surface area contributed by atoms with Crippen molar-refractivity contribution in [3.8, 4) is 5.95 Å². The minimum absolute atomic E-state index is 0.0400. The van der Waals surface area contributed by atoms with Crippen molar-refractivity contribution in [1.82, 2.24) is 24.7 Å². The number of hydrogen-bond donors (Lipinski definition) is 0. The largest absolute Gasteiger partial charge is 0.340 e. The zero-order chi connectivity index (χ0) is 15.0. The quantitative estimate of drug-likeness (QED) is 0.801. The summed E-state index contributed by atoms with van der Waals surface area (Å²) in [4.78, 5) is 14.1. The van der Waals surface area contributed by atoms with Crippen LogP contribution in [0.3, 0.4) is 0 Å². The molecule has 2 aromatic heterocycles. The average Bonchev–Trinajstić information content (AvgIpc) is 3.06. The van der Waals surface area contributed by atoms with Gasteiger partial charge in [-0.3, -0.25) is 0 Å². The van der Waals surface area contributed by atoms with Gasteiger partial charge in [0.2, 0.25) is 11.2 Å². The normalized spacial score (nSPS) is 20.6. The highest BCUT2D eigenvalue weighted by molar-refractivity contribution is 7.91. The van der Waals surface area contributed by atoms with E-state index in [1.165, 1.54) is 4.68 Å². The average molecular weight is 329 g/mol. The zero-order valence-electron chi connectivity index (χ0n) is 11.2. The van der Waals surface area contributed by atoms with Crippen molar-refractivity contribution in [2.45, 2.75) is 12.5 Å². The highest BCUT2D eigenvalue weighted by atomic mass is 35.5. The predicted octanol–water partition coefficient (Wildman–Crippen LogP) is 0.334. The van der Waals surface area contributed by atoms with E-state index in [4.69, 9.17) is 11.6 Å². The van der Waals surface area contributed by atoms with E-state index >= 15 is 0 Å². The van der Waals surface area contributed by atoms with E-state index in [1.54, 1.807) is 30.4 Å². The van der Waals surface area contributed by atoms with E-state index in [0.717, 1.165) is 0 Å². The molecule has 1 atom stereocenters. The third-order valence-corrected chi connectivity index (χ3v) is 5.28. The molecular formula is C11H13ClN6O2S. The molecule has 1 saturated heterocycles. The fourth-order valence-electron chi connectivity index (χ4n) is 2.22. The molecule has 0 aliphatic carbocycles. The maximum absolute atomic E-state index is 11.6. The van der Waals surface area contributed by atoms with Gasteiger partial charge in [-0.05, 0) is 24.1 Å². The monoisotopic (exact) mass is 328 g/mol. The Morgan fingerprint density at radius 2 is 2.19 bits per heavy atom. The lowest BCUT2D eigenvalue weighted by molar-refractivity contribution is 0.600. The molecule has 21 heavy (non-hydrogen) atoms. The molecule has 3 rings (SSSR count). The number of halogens is 1. The van der Waals surface area contributed by atoms with Gasteiger partial charge in [-0.15, -0.1) is 0 Å². The summed E-state index contributed by atoms with van der Waals surface area (Å²) in [5, 5.41) is 4.08. The second-order valence-electron chi connectivity index (χ2n) is 4.82.